The van der Waals surface area contributed by atoms with Crippen LogP contribution in [0.3, 0.4) is 0 Å². The molecule has 0 radical (unpaired) electrons. The van der Waals surface area contributed by atoms with Gasteiger partial charge in [0.15, 0.2) is 0 Å². The number of aryl methyl sites for hydroxylation is 1. The van der Waals surface area contributed by atoms with Crippen LogP contribution in [0.4, 0.5) is 0 Å². The van der Waals surface area contributed by atoms with Gasteiger partial charge in [0.2, 0.25) is 0 Å². The number of nitrogens with one attached hydrogen (secondary N) is 1. The summed E-state index contributed by atoms with van der Waals surface area (Å²) >= 11 is 0. The highest BCUT2D eigenvalue weighted by atomic mass is 16.4. The number of hydrogen-bond donors (Lipinski definition) is 2. The van der Waals surface area contributed by atoms with Crippen LogP contribution >= 0.6 is 0 Å². The van der Waals surface area contributed by atoms with E-state index in [-0.39, 0.29) is 6.04 Å². The van der Waals surface area contributed by atoms with Gasteiger partial charge in [0.25, 0.3) is 0 Å². The Morgan fingerprint density at radius 2 is 2.05 bits per heavy atom. The largest absolute Gasteiger partial charge is 0.411 e. The van der Waals surface area contributed by atoms with E-state index in [1.165, 1.54) is 17.3 Å². The number of hydrogen-bond acceptors (Lipinski definition) is 3. The van der Waals surface area contributed by atoms with E-state index in [0.29, 0.717) is 0 Å². The first-order valence-electron chi connectivity index (χ1n) is 6.44. The molecule has 0 aliphatic heterocycles. The molecule has 0 unspecified atom stereocenters. The summed E-state index contributed by atoms with van der Waals surface area (Å²) in [6, 6.07) is 8.77. The first kappa shape index (κ1) is 15.2. The fourth-order valence-electron chi connectivity index (χ4n) is 1.96. The molecule has 0 amide bonds. The van der Waals surface area contributed by atoms with Crippen molar-refractivity contribution in [1.82, 2.24) is 5.32 Å². The molecule has 2 N–H and O–H groups in total. The number of oxime groups is 1. The van der Waals surface area contributed by atoms with Crippen molar-refractivity contribution in [3.05, 3.63) is 59.2 Å². The Kier molecular flexibility index (Phi) is 6.61. The van der Waals surface area contributed by atoms with Gasteiger partial charge in [-0.25, -0.2) is 0 Å². The zero-order valence-corrected chi connectivity index (χ0v) is 11.8. The maximum absolute atomic E-state index is 8.51. The summed E-state index contributed by atoms with van der Waals surface area (Å²) in [5.74, 6) is 0. The van der Waals surface area contributed by atoms with E-state index in [1.807, 2.05) is 32.2 Å². The predicted molar refractivity (Wildman–Crippen MR) is 80.8 cm³/mol. The molecule has 0 aliphatic rings. The Morgan fingerprint density at radius 1 is 1.37 bits per heavy atom. The lowest BCUT2D eigenvalue weighted by atomic mass is 9.97. The van der Waals surface area contributed by atoms with Crippen molar-refractivity contribution >= 4 is 6.21 Å². The van der Waals surface area contributed by atoms with Crippen LogP contribution < -0.4 is 5.32 Å². The normalized spacial score (nSPS) is 14.4. The molecular weight excluding hydrogens is 236 g/mol. The topological polar surface area (TPSA) is 44.6 Å². The highest BCUT2D eigenvalue weighted by Gasteiger charge is 2.09. The third-order valence-electron chi connectivity index (χ3n) is 3.00. The van der Waals surface area contributed by atoms with Gasteiger partial charge >= 0.3 is 0 Å². The smallest absolute Gasteiger partial charge is 0.0664 e. The Morgan fingerprint density at radius 3 is 2.58 bits per heavy atom. The van der Waals surface area contributed by atoms with Crippen molar-refractivity contribution < 1.29 is 5.21 Å². The molecule has 0 saturated heterocycles. The molecule has 1 aromatic rings. The van der Waals surface area contributed by atoms with Crippen molar-refractivity contribution in [2.75, 3.05) is 7.05 Å². The van der Waals surface area contributed by atoms with E-state index < -0.39 is 0 Å². The van der Waals surface area contributed by atoms with Gasteiger partial charge in [-0.15, -0.1) is 0 Å². The van der Waals surface area contributed by atoms with Crippen LogP contribution in [-0.4, -0.2) is 18.5 Å². The molecule has 1 rings (SSSR count). The average Bonchev–Trinajstić information content (AvgIpc) is 2.43. The maximum atomic E-state index is 8.51. The maximum Gasteiger partial charge on any atom is 0.0664 e. The number of rotatable bonds is 6. The van der Waals surface area contributed by atoms with E-state index in [0.717, 1.165) is 12.0 Å². The SMILES string of the molecule is C\C=C/C(=C\C=N\O)C[C@@H](NC)c1ccc(C)cc1. The van der Waals surface area contributed by atoms with Crippen LogP contribution in [0, 0.1) is 6.92 Å². The standard InChI is InChI=1S/C16H22N2O/c1-4-5-14(10-11-18-19)12-16(17-3)15-8-6-13(2)7-9-15/h4-11,16-17,19H,12H2,1-3H3/b5-4-,14-10+,18-11+/t16-/m1/s1. The minimum absolute atomic E-state index is 0.246. The third kappa shape index (κ3) is 5.10. The Bertz CT molecular complexity index is 458. The summed E-state index contributed by atoms with van der Waals surface area (Å²) in [5.41, 5.74) is 3.62. The average molecular weight is 258 g/mol. The van der Waals surface area contributed by atoms with Crippen LogP contribution in [0.1, 0.15) is 30.5 Å². The van der Waals surface area contributed by atoms with Crippen molar-refractivity contribution in [3.63, 3.8) is 0 Å². The van der Waals surface area contributed by atoms with Crippen molar-refractivity contribution in [2.24, 2.45) is 5.16 Å². The van der Waals surface area contributed by atoms with E-state index in [1.54, 1.807) is 0 Å². The first-order chi connectivity index (χ1) is 9.21. The van der Waals surface area contributed by atoms with Crippen LogP contribution in [-0.2, 0) is 0 Å². The summed E-state index contributed by atoms with van der Waals surface area (Å²) < 4.78 is 0. The molecule has 0 bridgehead atoms. The van der Waals surface area contributed by atoms with E-state index in [9.17, 15) is 0 Å². The zero-order chi connectivity index (χ0) is 14.1. The molecular formula is C16H22N2O. The quantitative estimate of drug-likeness (QED) is 0.354. The summed E-state index contributed by atoms with van der Waals surface area (Å²) in [7, 11) is 1.96. The summed E-state index contributed by atoms with van der Waals surface area (Å²) in [5, 5.41) is 14.8. The molecule has 19 heavy (non-hydrogen) atoms. The Hall–Kier alpha value is -1.87. The lowest BCUT2D eigenvalue weighted by Gasteiger charge is -2.17. The molecule has 0 spiro atoms. The molecule has 0 aliphatic carbocycles. The number of allylic oxidation sites excluding steroid dienone is 3. The summed E-state index contributed by atoms with van der Waals surface area (Å²) in [6.45, 7) is 4.06. The summed E-state index contributed by atoms with van der Waals surface area (Å²) in [4.78, 5) is 0. The van der Waals surface area contributed by atoms with Gasteiger partial charge in [0, 0.05) is 6.04 Å². The molecule has 1 aromatic carbocycles. The van der Waals surface area contributed by atoms with E-state index in [4.69, 9.17) is 5.21 Å². The molecule has 0 fully saturated rings. The van der Waals surface area contributed by atoms with Crippen molar-refractivity contribution in [1.29, 1.82) is 0 Å². The minimum Gasteiger partial charge on any atom is -0.411 e. The Balaban J connectivity index is 2.87. The molecule has 0 aromatic heterocycles. The summed E-state index contributed by atoms with van der Waals surface area (Å²) in [6.07, 6.45) is 8.07. The molecule has 1 atom stereocenters. The molecule has 102 valence electrons. The monoisotopic (exact) mass is 258 g/mol. The lowest BCUT2D eigenvalue weighted by molar-refractivity contribution is 0.322. The fourth-order valence-corrected chi connectivity index (χ4v) is 1.96. The van der Waals surface area contributed by atoms with Gasteiger partial charge in [-0.1, -0.05) is 47.1 Å². The van der Waals surface area contributed by atoms with Crippen LogP contribution in [0.15, 0.2) is 53.2 Å². The fraction of sp³-hybridized carbons (Fsp3) is 0.312. The third-order valence-corrected chi connectivity index (χ3v) is 3.00. The van der Waals surface area contributed by atoms with Crippen molar-refractivity contribution in [2.45, 2.75) is 26.3 Å². The molecule has 0 heterocycles. The number of benzene rings is 1. The van der Waals surface area contributed by atoms with E-state index >= 15 is 0 Å². The Labute approximate surface area is 115 Å². The van der Waals surface area contributed by atoms with Gasteiger partial charge in [-0.05, 0) is 44.5 Å². The molecule has 0 saturated carbocycles. The van der Waals surface area contributed by atoms with Crippen LogP contribution in [0.25, 0.3) is 0 Å². The van der Waals surface area contributed by atoms with Crippen LogP contribution in [0.5, 0.6) is 0 Å². The van der Waals surface area contributed by atoms with Crippen LogP contribution in [0.2, 0.25) is 0 Å². The number of nitrogens with zero attached hydrogens (tertiary/aromatic N) is 1. The van der Waals surface area contributed by atoms with Gasteiger partial charge in [-0.3, -0.25) is 0 Å². The second kappa shape index (κ2) is 8.27. The molecule has 3 heteroatoms. The van der Waals surface area contributed by atoms with Gasteiger partial charge in [0.1, 0.15) is 0 Å². The predicted octanol–water partition coefficient (Wildman–Crippen LogP) is 3.61. The lowest BCUT2D eigenvalue weighted by Crippen LogP contribution is -2.16. The van der Waals surface area contributed by atoms with Gasteiger partial charge in [-0.2, -0.15) is 0 Å². The van der Waals surface area contributed by atoms with Gasteiger partial charge in [0.05, 0.1) is 6.21 Å². The highest BCUT2D eigenvalue weighted by molar-refractivity contribution is 5.72. The first-order valence-corrected chi connectivity index (χ1v) is 6.44. The molecule has 3 nitrogen and oxygen atoms in total. The minimum atomic E-state index is 0.246. The van der Waals surface area contributed by atoms with Crippen molar-refractivity contribution in [3.8, 4) is 0 Å². The second-order valence-corrected chi connectivity index (χ2v) is 4.46. The van der Waals surface area contributed by atoms with E-state index in [2.05, 4.69) is 41.7 Å². The zero-order valence-electron chi connectivity index (χ0n) is 11.8. The van der Waals surface area contributed by atoms with Gasteiger partial charge < -0.3 is 10.5 Å². The second-order valence-electron chi connectivity index (χ2n) is 4.46. The highest BCUT2D eigenvalue weighted by Crippen LogP contribution is 2.21.